The highest BCUT2D eigenvalue weighted by Crippen LogP contribution is 2.04. The summed E-state index contributed by atoms with van der Waals surface area (Å²) in [6.45, 7) is 3.02. The van der Waals surface area contributed by atoms with Crippen molar-refractivity contribution < 1.29 is 14.6 Å². The SMILES string of the molecule is OC1COCC1NCCOCc1ccccc1. The van der Waals surface area contributed by atoms with Gasteiger partial charge >= 0.3 is 0 Å². The minimum absolute atomic E-state index is 0.0512. The topological polar surface area (TPSA) is 50.7 Å². The van der Waals surface area contributed by atoms with Crippen LogP contribution in [0.15, 0.2) is 30.3 Å². The van der Waals surface area contributed by atoms with E-state index in [-0.39, 0.29) is 12.1 Å². The molecule has 4 heteroatoms. The maximum atomic E-state index is 9.50. The molecule has 0 saturated carbocycles. The first-order valence-corrected chi connectivity index (χ1v) is 5.97. The van der Waals surface area contributed by atoms with Crippen molar-refractivity contribution in [1.82, 2.24) is 5.32 Å². The lowest BCUT2D eigenvalue weighted by Gasteiger charge is -2.14. The first-order chi connectivity index (χ1) is 8.36. The van der Waals surface area contributed by atoms with E-state index >= 15 is 0 Å². The van der Waals surface area contributed by atoms with Crippen molar-refractivity contribution in [2.45, 2.75) is 18.8 Å². The van der Waals surface area contributed by atoms with Crippen LogP contribution in [0, 0.1) is 0 Å². The van der Waals surface area contributed by atoms with Gasteiger partial charge in [-0.05, 0) is 5.56 Å². The average Bonchev–Trinajstić information content (AvgIpc) is 2.76. The van der Waals surface area contributed by atoms with Crippen molar-refractivity contribution in [3.63, 3.8) is 0 Å². The number of ether oxygens (including phenoxy) is 2. The predicted octanol–water partition coefficient (Wildman–Crippen LogP) is 0.552. The molecule has 0 aromatic heterocycles. The highest BCUT2D eigenvalue weighted by atomic mass is 16.5. The van der Waals surface area contributed by atoms with Gasteiger partial charge in [0.15, 0.2) is 0 Å². The highest BCUT2D eigenvalue weighted by Gasteiger charge is 2.24. The van der Waals surface area contributed by atoms with E-state index in [9.17, 15) is 5.11 Å². The van der Waals surface area contributed by atoms with Crippen molar-refractivity contribution in [2.75, 3.05) is 26.4 Å². The second-order valence-corrected chi connectivity index (χ2v) is 4.20. The molecule has 0 amide bonds. The molecule has 0 bridgehead atoms. The lowest BCUT2D eigenvalue weighted by atomic mass is 10.2. The van der Waals surface area contributed by atoms with Gasteiger partial charge in [-0.15, -0.1) is 0 Å². The minimum Gasteiger partial charge on any atom is -0.389 e. The molecule has 0 aliphatic carbocycles. The minimum atomic E-state index is -0.385. The van der Waals surface area contributed by atoms with Gasteiger partial charge in [0.1, 0.15) is 0 Å². The maximum Gasteiger partial charge on any atom is 0.0948 e. The van der Waals surface area contributed by atoms with Crippen LogP contribution < -0.4 is 5.32 Å². The van der Waals surface area contributed by atoms with E-state index < -0.39 is 0 Å². The lowest BCUT2D eigenvalue weighted by molar-refractivity contribution is 0.109. The van der Waals surface area contributed by atoms with Gasteiger partial charge in [0.25, 0.3) is 0 Å². The Morgan fingerprint density at radius 1 is 1.29 bits per heavy atom. The summed E-state index contributed by atoms with van der Waals surface area (Å²) in [6, 6.07) is 10.1. The zero-order valence-corrected chi connectivity index (χ0v) is 9.84. The average molecular weight is 237 g/mol. The standard InChI is InChI=1S/C13H19NO3/c15-13-10-17-9-12(13)14-6-7-16-8-11-4-2-1-3-5-11/h1-5,12-15H,6-10H2. The van der Waals surface area contributed by atoms with Crippen molar-refractivity contribution in [3.05, 3.63) is 35.9 Å². The molecule has 2 unspecified atom stereocenters. The number of aliphatic hydroxyl groups is 1. The molecule has 94 valence electrons. The molecule has 1 aliphatic rings. The Bertz CT molecular complexity index is 318. The van der Waals surface area contributed by atoms with Gasteiger partial charge in [0.05, 0.1) is 38.6 Å². The van der Waals surface area contributed by atoms with Crippen molar-refractivity contribution in [3.8, 4) is 0 Å². The van der Waals surface area contributed by atoms with Crippen LogP contribution in [0.2, 0.25) is 0 Å². The summed E-state index contributed by atoms with van der Waals surface area (Å²) in [5.41, 5.74) is 1.18. The summed E-state index contributed by atoms with van der Waals surface area (Å²) < 4.78 is 10.7. The molecule has 1 aromatic carbocycles. The fourth-order valence-electron chi connectivity index (χ4n) is 1.82. The van der Waals surface area contributed by atoms with E-state index in [1.807, 2.05) is 30.3 Å². The Morgan fingerprint density at radius 3 is 2.82 bits per heavy atom. The van der Waals surface area contributed by atoms with E-state index in [4.69, 9.17) is 9.47 Å². The van der Waals surface area contributed by atoms with Gasteiger partial charge in [-0.3, -0.25) is 0 Å². The van der Waals surface area contributed by atoms with Crippen LogP contribution in [0.4, 0.5) is 0 Å². The van der Waals surface area contributed by atoms with E-state index in [0.29, 0.717) is 26.4 Å². The second kappa shape index (κ2) is 6.71. The molecule has 1 fully saturated rings. The van der Waals surface area contributed by atoms with E-state index in [1.165, 1.54) is 5.56 Å². The van der Waals surface area contributed by atoms with Crippen LogP contribution in [0.3, 0.4) is 0 Å². The van der Waals surface area contributed by atoms with E-state index in [0.717, 1.165) is 6.54 Å². The third-order valence-electron chi connectivity index (χ3n) is 2.81. The van der Waals surface area contributed by atoms with Crippen molar-refractivity contribution in [1.29, 1.82) is 0 Å². The monoisotopic (exact) mass is 237 g/mol. The fourth-order valence-corrected chi connectivity index (χ4v) is 1.82. The molecule has 2 N–H and O–H groups in total. The molecule has 1 aromatic rings. The van der Waals surface area contributed by atoms with Crippen LogP contribution in [0.5, 0.6) is 0 Å². The zero-order valence-electron chi connectivity index (χ0n) is 9.84. The van der Waals surface area contributed by atoms with Gasteiger partial charge < -0.3 is 19.9 Å². The molecule has 1 aliphatic heterocycles. The van der Waals surface area contributed by atoms with Gasteiger partial charge in [0.2, 0.25) is 0 Å². The van der Waals surface area contributed by atoms with Gasteiger partial charge in [-0.2, -0.15) is 0 Å². The van der Waals surface area contributed by atoms with Crippen LogP contribution in [0.1, 0.15) is 5.56 Å². The number of aliphatic hydroxyl groups excluding tert-OH is 1. The summed E-state index contributed by atoms with van der Waals surface area (Å²) in [7, 11) is 0. The first kappa shape index (κ1) is 12.5. The molecule has 2 rings (SSSR count). The molecule has 17 heavy (non-hydrogen) atoms. The Balaban J connectivity index is 1.55. The summed E-state index contributed by atoms with van der Waals surface area (Å²) >= 11 is 0. The molecule has 0 radical (unpaired) electrons. The third-order valence-corrected chi connectivity index (χ3v) is 2.81. The number of hydrogen-bond acceptors (Lipinski definition) is 4. The molecular weight excluding hydrogens is 218 g/mol. The fraction of sp³-hybridized carbons (Fsp3) is 0.538. The van der Waals surface area contributed by atoms with Gasteiger partial charge in [0, 0.05) is 6.54 Å². The van der Waals surface area contributed by atoms with Crippen LogP contribution in [0.25, 0.3) is 0 Å². The first-order valence-electron chi connectivity index (χ1n) is 5.97. The Labute approximate surface area is 102 Å². The third kappa shape index (κ3) is 4.09. The van der Waals surface area contributed by atoms with Crippen molar-refractivity contribution >= 4 is 0 Å². The van der Waals surface area contributed by atoms with Gasteiger partial charge in [-0.1, -0.05) is 30.3 Å². The normalized spacial score (nSPS) is 24.1. The maximum absolute atomic E-state index is 9.50. The Hall–Kier alpha value is -0.940. The van der Waals surface area contributed by atoms with Gasteiger partial charge in [-0.25, -0.2) is 0 Å². The lowest BCUT2D eigenvalue weighted by Crippen LogP contribution is -2.40. The summed E-state index contributed by atoms with van der Waals surface area (Å²) in [6.07, 6.45) is -0.385. The van der Waals surface area contributed by atoms with E-state index in [2.05, 4.69) is 5.32 Å². The van der Waals surface area contributed by atoms with Crippen LogP contribution in [-0.4, -0.2) is 43.6 Å². The summed E-state index contributed by atoms with van der Waals surface area (Å²) in [4.78, 5) is 0. The summed E-state index contributed by atoms with van der Waals surface area (Å²) in [5.74, 6) is 0. The molecule has 4 nitrogen and oxygen atoms in total. The van der Waals surface area contributed by atoms with Crippen molar-refractivity contribution in [2.24, 2.45) is 0 Å². The van der Waals surface area contributed by atoms with Crippen LogP contribution >= 0.6 is 0 Å². The highest BCUT2D eigenvalue weighted by molar-refractivity contribution is 5.13. The number of hydrogen-bond donors (Lipinski definition) is 2. The molecule has 2 atom stereocenters. The van der Waals surface area contributed by atoms with E-state index in [1.54, 1.807) is 0 Å². The predicted molar refractivity (Wildman–Crippen MR) is 64.7 cm³/mol. The smallest absolute Gasteiger partial charge is 0.0948 e. The molecule has 0 spiro atoms. The molecular formula is C13H19NO3. The summed E-state index contributed by atoms with van der Waals surface area (Å²) in [5, 5.41) is 12.7. The molecule has 1 saturated heterocycles. The Kier molecular flexibility index (Phi) is 4.94. The second-order valence-electron chi connectivity index (χ2n) is 4.20. The number of rotatable bonds is 6. The number of nitrogens with one attached hydrogen (secondary N) is 1. The zero-order chi connectivity index (χ0) is 11.9. The largest absolute Gasteiger partial charge is 0.389 e. The molecule has 1 heterocycles. The quantitative estimate of drug-likeness (QED) is 0.710. The van der Waals surface area contributed by atoms with Crippen LogP contribution in [-0.2, 0) is 16.1 Å². The Morgan fingerprint density at radius 2 is 2.12 bits per heavy atom. The number of benzene rings is 1.